The molecule has 1 nitrogen and oxygen atoms in total. The van der Waals surface area contributed by atoms with Crippen LogP contribution in [0.3, 0.4) is 0 Å². The second kappa shape index (κ2) is 18.4. The molecule has 6 rings (SSSR count). The summed E-state index contributed by atoms with van der Waals surface area (Å²) < 4.78 is 0. The summed E-state index contributed by atoms with van der Waals surface area (Å²) in [5.74, 6) is 11.6. The summed E-state index contributed by atoms with van der Waals surface area (Å²) in [5.41, 5.74) is 13.5. The van der Waals surface area contributed by atoms with Crippen LogP contribution < -0.4 is 0 Å². The van der Waals surface area contributed by atoms with Gasteiger partial charge in [-0.25, -0.2) is 0 Å². The molecule has 0 atom stereocenters. The molecule has 0 radical (unpaired) electrons. The number of fused-ring (bicyclic) bond motifs is 6. The maximum absolute atomic E-state index is 11.3. The van der Waals surface area contributed by atoms with Gasteiger partial charge in [0.1, 0.15) is 0 Å². The second-order valence-electron chi connectivity index (χ2n) is 12.7. The summed E-state index contributed by atoms with van der Waals surface area (Å²) in [6.07, 6.45) is 2.04. The van der Waals surface area contributed by atoms with Crippen LogP contribution in [0.25, 0.3) is 22.3 Å². The molecule has 0 aliphatic heterocycles. The van der Waals surface area contributed by atoms with E-state index in [1.165, 1.54) is 50.1 Å². The van der Waals surface area contributed by atoms with Crippen molar-refractivity contribution in [2.75, 3.05) is 0 Å². The largest absolute Gasteiger partial charge is 0.295 e. The van der Waals surface area contributed by atoms with Crippen molar-refractivity contribution < 1.29 is 4.79 Å². The molecule has 0 saturated heterocycles. The minimum atomic E-state index is -0.139. The van der Waals surface area contributed by atoms with E-state index in [9.17, 15) is 4.79 Å². The summed E-state index contributed by atoms with van der Waals surface area (Å²) in [5, 5.41) is 0. The van der Waals surface area contributed by atoms with E-state index in [1.54, 1.807) is 6.92 Å². The molecule has 2 aliphatic rings. The van der Waals surface area contributed by atoms with Gasteiger partial charge in [0.05, 0.1) is 0 Å². The summed E-state index contributed by atoms with van der Waals surface area (Å²) in [7, 11) is 0. The van der Waals surface area contributed by atoms with Crippen LogP contribution in [0, 0.1) is 0 Å². The first kappa shape index (κ1) is 40.6. The third kappa shape index (κ3) is 10.9. The Bertz CT molecular complexity index is 1440. The van der Waals surface area contributed by atoms with Crippen LogP contribution in [0.15, 0.2) is 84.9 Å². The number of benzene rings is 4. The van der Waals surface area contributed by atoms with E-state index in [0.29, 0.717) is 15.2 Å². The molecule has 0 N–H and O–H groups in total. The zero-order valence-corrected chi connectivity index (χ0v) is 28.8. The molecule has 0 aromatic heterocycles. The van der Waals surface area contributed by atoms with Crippen LogP contribution in [-0.4, -0.2) is 35.2 Å². The Balaban J connectivity index is 0.000000640. The van der Waals surface area contributed by atoms with Gasteiger partial charge in [-0.05, 0) is 81.3 Å². The molecular formula is C40H58Al2O. The summed E-state index contributed by atoms with van der Waals surface area (Å²) in [6, 6.07) is 30.1. The zero-order chi connectivity index (χ0) is 29.4. The van der Waals surface area contributed by atoms with Crippen LogP contribution >= 0.6 is 0 Å². The average molecular weight is 609 g/mol. The van der Waals surface area contributed by atoms with Crippen LogP contribution in [0.4, 0.5) is 0 Å². The first-order chi connectivity index (χ1) is 19.0. The maximum atomic E-state index is 11.3. The van der Waals surface area contributed by atoms with Gasteiger partial charge in [-0.1, -0.05) is 122 Å². The normalized spacial score (nSPS) is 10.7. The van der Waals surface area contributed by atoms with Crippen LogP contribution in [-0.2, 0) is 18.3 Å². The summed E-state index contributed by atoms with van der Waals surface area (Å²) in [4.78, 5) is 11.3. The number of Topliss-reactive ketones (excluding diaryl/α,β-unsaturated/α-hetero) is 1. The molecule has 2 aliphatic carbocycles. The highest BCUT2D eigenvalue weighted by Crippen LogP contribution is 2.39. The van der Waals surface area contributed by atoms with Crippen molar-refractivity contribution in [3.8, 4) is 22.3 Å². The standard InChI is InChI=1S/C17H18.C15H12O.3CH4.5CH3.2Al.H/c1-17(2,3)14-8-9-16-13(11-14)10-12-6-4-5-7-15(12)16;1-10(16)11-6-7-15-13(8-11)9-12-4-2-3-5-14(12)15;;;;;;;;;;;/h4-9,11H,10H2,1-3H3;2-8H,9H2,1H3;3*1H4;5*1H3;;;. The Morgan fingerprint density at radius 2 is 1.00 bits per heavy atom. The number of ketones is 1. The molecule has 0 heterocycles. The molecule has 0 spiro atoms. The first-order valence-electron chi connectivity index (χ1n) is 14.9. The Hall–Kier alpha value is -2.39. The van der Waals surface area contributed by atoms with Gasteiger partial charge in [-0.3, -0.25) is 4.79 Å². The zero-order valence-electron chi connectivity index (χ0n) is 26.2. The second-order valence-corrected chi connectivity index (χ2v) is 17.5. The number of carbonyl (C=O) groups is 1. The molecular weight excluding hydrogens is 550 g/mol. The van der Waals surface area contributed by atoms with Gasteiger partial charge >= 0.3 is 0 Å². The van der Waals surface area contributed by atoms with Gasteiger partial charge < -0.3 is 0 Å². The summed E-state index contributed by atoms with van der Waals surface area (Å²) in [6.45, 7) is 8.44. The predicted molar refractivity (Wildman–Crippen MR) is 200 cm³/mol. The highest BCUT2D eigenvalue weighted by molar-refractivity contribution is 6.54. The third-order valence-corrected chi connectivity index (χ3v) is 6.86. The SMILES string of the molecule is C.C.C.CC(=O)c1ccc2c(c1)Cc1ccccc1-2.CC(C)(C)c1ccc2c(c1)Cc1ccccc1-2.[CH3][AlH][CH3].[CH3][Al]([CH3])[CH3]. The van der Waals surface area contributed by atoms with Crippen LogP contribution in [0.5, 0.6) is 0 Å². The predicted octanol–water partition coefficient (Wildman–Crippen LogP) is 11.8. The number of hydrogen-bond donors (Lipinski definition) is 0. The topological polar surface area (TPSA) is 17.1 Å². The number of hydrogen-bond acceptors (Lipinski definition) is 1. The molecule has 0 fully saturated rings. The van der Waals surface area contributed by atoms with E-state index in [0.717, 1.165) is 18.4 Å². The van der Waals surface area contributed by atoms with Gasteiger partial charge in [0.2, 0.25) is 15.2 Å². The van der Waals surface area contributed by atoms with Crippen LogP contribution in [0.2, 0.25) is 28.9 Å². The average Bonchev–Trinajstić information content (AvgIpc) is 3.46. The van der Waals surface area contributed by atoms with Crippen molar-refractivity contribution >= 4 is 35.2 Å². The van der Waals surface area contributed by atoms with Gasteiger partial charge in [0, 0.05) is 5.56 Å². The molecule has 0 amide bonds. The van der Waals surface area contributed by atoms with Crippen molar-refractivity contribution in [2.45, 2.75) is 97.2 Å². The molecule has 0 unspecified atom stereocenters. The Labute approximate surface area is 276 Å². The fourth-order valence-electron chi connectivity index (χ4n) is 4.98. The smallest absolute Gasteiger partial charge is 0.251 e. The Morgan fingerprint density at radius 3 is 1.42 bits per heavy atom. The Kier molecular flexibility index (Phi) is 17.4. The lowest BCUT2D eigenvalue weighted by molar-refractivity contribution is 0.101. The monoisotopic (exact) mass is 608 g/mol. The quantitative estimate of drug-likeness (QED) is 0.134. The first-order valence-corrected chi connectivity index (χ1v) is 21.2. The van der Waals surface area contributed by atoms with Gasteiger partial charge in [0.15, 0.2) is 5.78 Å². The molecule has 4 aromatic carbocycles. The van der Waals surface area contributed by atoms with Gasteiger partial charge in [-0.15, -0.1) is 28.9 Å². The fraction of sp³-hybridized carbons (Fsp3) is 0.375. The minimum Gasteiger partial charge on any atom is -0.295 e. The van der Waals surface area contributed by atoms with Crippen molar-refractivity contribution in [3.05, 3.63) is 118 Å². The fourth-order valence-corrected chi connectivity index (χ4v) is 4.98. The minimum absolute atomic E-state index is 0. The van der Waals surface area contributed by atoms with Crippen molar-refractivity contribution in [1.29, 1.82) is 0 Å². The molecule has 230 valence electrons. The van der Waals surface area contributed by atoms with Crippen molar-refractivity contribution in [2.24, 2.45) is 0 Å². The van der Waals surface area contributed by atoms with E-state index in [4.69, 9.17) is 0 Å². The molecule has 4 aromatic rings. The molecule has 43 heavy (non-hydrogen) atoms. The lowest BCUT2D eigenvalue weighted by Gasteiger charge is -2.20. The van der Waals surface area contributed by atoms with E-state index in [2.05, 4.69) is 122 Å². The maximum Gasteiger partial charge on any atom is 0.251 e. The molecule has 0 bridgehead atoms. The number of rotatable bonds is 1. The highest BCUT2D eigenvalue weighted by atomic mass is 27.2. The highest BCUT2D eigenvalue weighted by Gasteiger charge is 2.21. The lowest BCUT2D eigenvalue weighted by Crippen LogP contribution is -2.11. The summed E-state index contributed by atoms with van der Waals surface area (Å²) >= 11 is 0.278. The van der Waals surface area contributed by atoms with Crippen molar-refractivity contribution in [3.63, 3.8) is 0 Å². The Morgan fingerprint density at radius 1 is 0.628 bits per heavy atom. The third-order valence-electron chi connectivity index (χ3n) is 6.86. The molecule has 0 saturated carbocycles. The lowest BCUT2D eigenvalue weighted by atomic mass is 9.85. The van der Waals surface area contributed by atoms with Crippen LogP contribution in [0.1, 0.15) is 88.2 Å². The van der Waals surface area contributed by atoms with E-state index in [1.807, 2.05) is 12.1 Å². The van der Waals surface area contributed by atoms with Crippen molar-refractivity contribution in [1.82, 2.24) is 0 Å². The van der Waals surface area contributed by atoms with Gasteiger partial charge in [-0.2, -0.15) is 0 Å². The number of carbonyl (C=O) groups excluding carboxylic acids is 1. The van der Waals surface area contributed by atoms with Gasteiger partial charge in [0.25, 0.3) is 14.1 Å². The van der Waals surface area contributed by atoms with E-state index in [-0.39, 0.29) is 47.6 Å². The molecule has 3 heteroatoms. The van der Waals surface area contributed by atoms with E-state index >= 15 is 0 Å². The van der Waals surface area contributed by atoms with E-state index < -0.39 is 0 Å².